The van der Waals surface area contributed by atoms with Crippen LogP contribution in [0.25, 0.3) is 0 Å². The van der Waals surface area contributed by atoms with E-state index < -0.39 is 11.6 Å². The molecule has 0 aliphatic carbocycles. The van der Waals surface area contributed by atoms with Crippen molar-refractivity contribution in [3.63, 3.8) is 0 Å². The maximum absolute atomic E-state index is 13.6. The molecule has 1 amide bonds. The minimum Gasteiger partial charge on any atom is -0.481 e. The van der Waals surface area contributed by atoms with Crippen LogP contribution in [0.3, 0.4) is 0 Å². The van der Waals surface area contributed by atoms with Gasteiger partial charge in [0.1, 0.15) is 5.82 Å². The van der Waals surface area contributed by atoms with E-state index in [0.717, 1.165) is 35.0 Å². The topological polar surface area (TPSA) is 47.6 Å². The number of benzene rings is 2. The fourth-order valence-electron chi connectivity index (χ4n) is 3.20. The summed E-state index contributed by atoms with van der Waals surface area (Å²) in [6.07, 6.45) is 1.58. The number of amides is 1. The molecule has 0 saturated carbocycles. The first-order valence-corrected chi connectivity index (χ1v) is 9.46. The van der Waals surface area contributed by atoms with Gasteiger partial charge in [-0.25, -0.2) is 8.78 Å². The minimum absolute atomic E-state index is 0.153. The van der Waals surface area contributed by atoms with Crippen LogP contribution < -0.4 is 10.1 Å². The number of halogens is 3. The first kappa shape index (κ1) is 19.8. The molecule has 1 aliphatic rings. The molecule has 3 rings (SSSR count). The van der Waals surface area contributed by atoms with Crippen LogP contribution in [0.1, 0.15) is 18.4 Å². The predicted molar refractivity (Wildman–Crippen MR) is 101 cm³/mol. The molecule has 0 bridgehead atoms. The Morgan fingerprint density at radius 1 is 1.19 bits per heavy atom. The highest BCUT2D eigenvalue weighted by Crippen LogP contribution is 2.35. The highest BCUT2D eigenvalue weighted by molar-refractivity contribution is 9.10. The monoisotopic (exact) mass is 439 g/mol. The number of nitrogens with one attached hydrogen (secondary N) is 1. The van der Waals surface area contributed by atoms with Gasteiger partial charge in [0, 0.05) is 35.7 Å². The minimum atomic E-state index is -0.835. The van der Waals surface area contributed by atoms with E-state index in [0.29, 0.717) is 19.8 Å². The van der Waals surface area contributed by atoms with Gasteiger partial charge in [-0.1, -0.05) is 28.1 Å². The summed E-state index contributed by atoms with van der Waals surface area (Å²) in [5.41, 5.74) is 0.907. The lowest BCUT2D eigenvalue weighted by Gasteiger charge is -2.38. The van der Waals surface area contributed by atoms with Crippen molar-refractivity contribution in [1.29, 1.82) is 0 Å². The van der Waals surface area contributed by atoms with Crippen LogP contribution in [0, 0.1) is 11.6 Å². The second kappa shape index (κ2) is 8.80. The molecule has 1 N–H and O–H groups in total. The Morgan fingerprint density at radius 3 is 2.67 bits per heavy atom. The normalized spacial score (nSPS) is 16.0. The third-order valence-electron chi connectivity index (χ3n) is 4.76. The van der Waals surface area contributed by atoms with E-state index in [1.807, 2.05) is 18.2 Å². The molecule has 0 spiro atoms. The molecule has 1 fully saturated rings. The zero-order valence-corrected chi connectivity index (χ0v) is 16.2. The molecule has 27 heavy (non-hydrogen) atoms. The van der Waals surface area contributed by atoms with E-state index in [-0.39, 0.29) is 23.7 Å². The van der Waals surface area contributed by atoms with Gasteiger partial charge >= 0.3 is 0 Å². The van der Waals surface area contributed by atoms with Crippen LogP contribution in [0.4, 0.5) is 8.78 Å². The van der Waals surface area contributed by atoms with Crippen molar-refractivity contribution in [1.82, 2.24) is 5.32 Å². The number of carbonyl (C=O) groups is 1. The number of rotatable bonds is 6. The molecular weight excluding hydrogens is 420 g/mol. The largest absolute Gasteiger partial charge is 0.481 e. The molecule has 0 atom stereocenters. The average molecular weight is 440 g/mol. The second-order valence-corrected chi connectivity index (χ2v) is 7.46. The van der Waals surface area contributed by atoms with Gasteiger partial charge in [-0.3, -0.25) is 4.79 Å². The molecule has 2 aromatic rings. The lowest BCUT2D eigenvalue weighted by atomic mass is 9.74. The van der Waals surface area contributed by atoms with Crippen molar-refractivity contribution in [2.24, 2.45) is 0 Å². The van der Waals surface area contributed by atoms with Gasteiger partial charge < -0.3 is 14.8 Å². The third kappa shape index (κ3) is 5.05. The van der Waals surface area contributed by atoms with Crippen LogP contribution in [0.15, 0.2) is 46.9 Å². The standard InChI is InChI=1S/C20H20BrF2NO3/c21-15-3-1-2-14(10-15)20(6-8-26-9-7-20)13-24-19(25)12-27-18-5-4-16(22)11-17(18)23/h1-5,10-11H,6-9,12-13H2,(H,24,25). The summed E-state index contributed by atoms with van der Waals surface area (Å²) in [4.78, 5) is 12.2. The summed E-state index contributed by atoms with van der Waals surface area (Å²) in [6.45, 7) is 1.34. The summed E-state index contributed by atoms with van der Waals surface area (Å²) in [7, 11) is 0. The summed E-state index contributed by atoms with van der Waals surface area (Å²) < 4.78 is 38.1. The Labute approximate surface area is 165 Å². The lowest BCUT2D eigenvalue weighted by Crippen LogP contribution is -2.45. The quantitative estimate of drug-likeness (QED) is 0.740. The number of carbonyl (C=O) groups excluding carboxylic acids is 1. The highest BCUT2D eigenvalue weighted by atomic mass is 79.9. The summed E-state index contributed by atoms with van der Waals surface area (Å²) in [6, 6.07) is 11.0. The average Bonchev–Trinajstić information content (AvgIpc) is 2.66. The summed E-state index contributed by atoms with van der Waals surface area (Å²) in [5, 5.41) is 2.88. The Bertz CT molecular complexity index is 810. The van der Waals surface area contributed by atoms with Crippen LogP contribution >= 0.6 is 15.9 Å². The van der Waals surface area contributed by atoms with Crippen molar-refractivity contribution in [3.05, 3.63) is 64.1 Å². The van der Waals surface area contributed by atoms with Gasteiger partial charge in [0.05, 0.1) is 0 Å². The lowest BCUT2D eigenvalue weighted by molar-refractivity contribution is -0.123. The molecule has 7 heteroatoms. The van der Waals surface area contributed by atoms with Gasteiger partial charge in [0.2, 0.25) is 0 Å². The molecule has 1 aliphatic heterocycles. The van der Waals surface area contributed by atoms with Crippen LogP contribution in [-0.2, 0) is 14.9 Å². The van der Waals surface area contributed by atoms with E-state index in [4.69, 9.17) is 9.47 Å². The van der Waals surface area contributed by atoms with Crippen molar-refractivity contribution in [3.8, 4) is 5.75 Å². The molecule has 2 aromatic carbocycles. The number of hydrogen-bond acceptors (Lipinski definition) is 3. The van der Waals surface area contributed by atoms with E-state index in [1.165, 1.54) is 6.07 Å². The smallest absolute Gasteiger partial charge is 0.257 e. The Kier molecular flexibility index (Phi) is 6.44. The summed E-state index contributed by atoms with van der Waals surface area (Å²) in [5.74, 6) is -2.04. The fraction of sp³-hybridized carbons (Fsp3) is 0.350. The maximum atomic E-state index is 13.6. The van der Waals surface area contributed by atoms with Crippen molar-refractivity contribution in [2.45, 2.75) is 18.3 Å². The molecule has 0 radical (unpaired) electrons. The molecule has 1 heterocycles. The van der Waals surface area contributed by atoms with Crippen LogP contribution in [-0.4, -0.2) is 32.3 Å². The molecule has 144 valence electrons. The maximum Gasteiger partial charge on any atom is 0.257 e. The fourth-order valence-corrected chi connectivity index (χ4v) is 3.60. The number of ether oxygens (including phenoxy) is 2. The van der Waals surface area contributed by atoms with E-state index in [9.17, 15) is 13.6 Å². The Morgan fingerprint density at radius 2 is 1.96 bits per heavy atom. The van der Waals surface area contributed by atoms with Gasteiger partial charge in [-0.15, -0.1) is 0 Å². The zero-order valence-electron chi connectivity index (χ0n) is 14.6. The van der Waals surface area contributed by atoms with Gasteiger partial charge in [-0.05, 0) is 42.7 Å². The van der Waals surface area contributed by atoms with Gasteiger partial charge in [-0.2, -0.15) is 0 Å². The second-order valence-electron chi connectivity index (χ2n) is 6.54. The highest BCUT2D eigenvalue weighted by Gasteiger charge is 2.35. The van der Waals surface area contributed by atoms with E-state index in [2.05, 4.69) is 27.3 Å². The Balaban J connectivity index is 1.62. The van der Waals surface area contributed by atoms with E-state index >= 15 is 0 Å². The number of hydrogen-bond donors (Lipinski definition) is 1. The predicted octanol–water partition coefficient (Wildman–Crippen LogP) is 3.97. The molecule has 4 nitrogen and oxygen atoms in total. The third-order valence-corrected chi connectivity index (χ3v) is 5.26. The SMILES string of the molecule is O=C(COc1ccc(F)cc1F)NCC1(c2cccc(Br)c2)CCOCC1. The van der Waals surface area contributed by atoms with Crippen molar-refractivity contribution in [2.75, 3.05) is 26.4 Å². The first-order valence-electron chi connectivity index (χ1n) is 8.67. The first-order chi connectivity index (χ1) is 13.0. The van der Waals surface area contributed by atoms with Crippen molar-refractivity contribution >= 4 is 21.8 Å². The summed E-state index contributed by atoms with van der Waals surface area (Å²) >= 11 is 3.49. The molecule has 0 aromatic heterocycles. The van der Waals surface area contributed by atoms with Gasteiger partial charge in [0.15, 0.2) is 18.2 Å². The van der Waals surface area contributed by atoms with Crippen LogP contribution in [0.5, 0.6) is 5.75 Å². The van der Waals surface area contributed by atoms with Gasteiger partial charge in [0.25, 0.3) is 5.91 Å². The van der Waals surface area contributed by atoms with Crippen molar-refractivity contribution < 1.29 is 23.0 Å². The molecule has 0 unspecified atom stereocenters. The van der Waals surface area contributed by atoms with Crippen LogP contribution in [0.2, 0.25) is 0 Å². The molecular formula is C20H20BrF2NO3. The Hall–Kier alpha value is -1.99. The molecule has 1 saturated heterocycles. The van der Waals surface area contributed by atoms with E-state index in [1.54, 1.807) is 0 Å². The zero-order chi connectivity index (χ0) is 19.3.